The monoisotopic (exact) mass is 397 g/mol. The zero-order valence-electron chi connectivity index (χ0n) is 17.9. The Morgan fingerprint density at radius 3 is 2.34 bits per heavy atom. The van der Waals surface area contributed by atoms with Gasteiger partial charge in [-0.25, -0.2) is 0 Å². The predicted molar refractivity (Wildman–Crippen MR) is 115 cm³/mol. The molecule has 0 fully saturated rings. The van der Waals surface area contributed by atoms with Crippen molar-refractivity contribution in [3.63, 3.8) is 0 Å². The topological polar surface area (TPSA) is 61.9 Å². The van der Waals surface area contributed by atoms with E-state index in [1.54, 1.807) is 38.4 Å². The van der Waals surface area contributed by atoms with Gasteiger partial charge in [-0.1, -0.05) is 30.3 Å². The number of likely N-dealkylation sites (N-methyl/N-ethyl adjacent to an activating group) is 1. The Bertz CT molecular complexity index is 834. The van der Waals surface area contributed by atoms with Gasteiger partial charge in [0.1, 0.15) is 5.75 Å². The average molecular weight is 398 g/mol. The highest BCUT2D eigenvalue weighted by Gasteiger charge is 2.11. The van der Waals surface area contributed by atoms with Gasteiger partial charge in [0.25, 0.3) is 11.8 Å². The molecule has 2 aromatic carbocycles. The van der Waals surface area contributed by atoms with Gasteiger partial charge in [-0.3, -0.25) is 14.5 Å². The molecule has 0 bridgehead atoms. The van der Waals surface area contributed by atoms with Gasteiger partial charge in [-0.15, -0.1) is 0 Å². The first-order valence-corrected chi connectivity index (χ1v) is 9.76. The van der Waals surface area contributed by atoms with Crippen molar-refractivity contribution >= 4 is 11.8 Å². The van der Waals surface area contributed by atoms with Gasteiger partial charge in [0, 0.05) is 38.8 Å². The van der Waals surface area contributed by atoms with Crippen LogP contribution in [0.25, 0.3) is 0 Å². The number of rotatable bonds is 9. The van der Waals surface area contributed by atoms with Crippen LogP contribution < -0.4 is 10.1 Å². The maximum absolute atomic E-state index is 12.6. The minimum atomic E-state index is -0.179. The van der Waals surface area contributed by atoms with Crippen molar-refractivity contribution in [1.29, 1.82) is 0 Å². The number of amides is 2. The van der Waals surface area contributed by atoms with Crippen molar-refractivity contribution in [2.75, 3.05) is 27.7 Å². The largest absolute Gasteiger partial charge is 0.484 e. The number of carbonyl (C=O) groups is 2. The lowest BCUT2D eigenvalue weighted by molar-refractivity contribution is -0.130. The smallest absolute Gasteiger partial charge is 0.259 e. The lowest BCUT2D eigenvalue weighted by Gasteiger charge is -2.22. The van der Waals surface area contributed by atoms with Crippen molar-refractivity contribution in [2.45, 2.75) is 33.0 Å². The first-order valence-electron chi connectivity index (χ1n) is 9.76. The highest BCUT2D eigenvalue weighted by Crippen LogP contribution is 2.15. The molecule has 6 nitrogen and oxygen atoms in total. The Kier molecular flexibility index (Phi) is 8.21. The van der Waals surface area contributed by atoms with Gasteiger partial charge in [0.2, 0.25) is 0 Å². The molecule has 156 valence electrons. The molecule has 1 N–H and O–H groups in total. The molecule has 0 aliphatic heterocycles. The minimum Gasteiger partial charge on any atom is -0.484 e. The number of ether oxygens (including phenoxy) is 1. The van der Waals surface area contributed by atoms with Crippen LogP contribution in [0.15, 0.2) is 48.5 Å². The van der Waals surface area contributed by atoms with E-state index in [2.05, 4.69) is 37.2 Å². The van der Waals surface area contributed by atoms with Crippen LogP contribution in [0.2, 0.25) is 0 Å². The summed E-state index contributed by atoms with van der Waals surface area (Å²) >= 11 is 0. The number of carbonyl (C=O) groups excluding carboxylic acids is 2. The zero-order chi connectivity index (χ0) is 21.4. The van der Waals surface area contributed by atoms with Gasteiger partial charge >= 0.3 is 0 Å². The molecule has 2 amide bonds. The number of hydrogen-bond donors (Lipinski definition) is 1. The molecule has 0 aromatic heterocycles. The fourth-order valence-corrected chi connectivity index (χ4v) is 2.61. The molecule has 0 saturated carbocycles. The van der Waals surface area contributed by atoms with Crippen LogP contribution in [0.4, 0.5) is 0 Å². The van der Waals surface area contributed by atoms with Crippen LogP contribution in [-0.2, 0) is 17.9 Å². The summed E-state index contributed by atoms with van der Waals surface area (Å²) in [6.45, 7) is 5.53. The highest BCUT2D eigenvalue weighted by molar-refractivity contribution is 5.94. The van der Waals surface area contributed by atoms with Gasteiger partial charge in [-0.2, -0.15) is 0 Å². The second-order valence-electron chi connectivity index (χ2n) is 7.56. The summed E-state index contributed by atoms with van der Waals surface area (Å²) < 4.78 is 5.49. The maximum Gasteiger partial charge on any atom is 0.259 e. The Morgan fingerprint density at radius 1 is 1.00 bits per heavy atom. The van der Waals surface area contributed by atoms with E-state index in [1.165, 1.54) is 10.5 Å². The number of hydrogen-bond acceptors (Lipinski definition) is 4. The minimum absolute atomic E-state index is 0.0607. The lowest BCUT2D eigenvalue weighted by Crippen LogP contribution is -2.28. The van der Waals surface area contributed by atoms with Crippen molar-refractivity contribution < 1.29 is 14.3 Å². The predicted octanol–water partition coefficient (Wildman–Crippen LogP) is 2.92. The second-order valence-corrected chi connectivity index (χ2v) is 7.56. The third kappa shape index (κ3) is 6.91. The summed E-state index contributed by atoms with van der Waals surface area (Å²) in [7, 11) is 5.44. The molecule has 0 aliphatic carbocycles. The third-order valence-corrected chi connectivity index (χ3v) is 4.82. The molecular weight excluding hydrogens is 366 g/mol. The first kappa shape index (κ1) is 22.4. The summed E-state index contributed by atoms with van der Waals surface area (Å²) in [6, 6.07) is 15.4. The second kappa shape index (κ2) is 10.6. The Balaban J connectivity index is 1.99. The number of nitrogens with one attached hydrogen (secondary N) is 1. The van der Waals surface area contributed by atoms with Crippen LogP contribution in [0.5, 0.6) is 5.75 Å². The van der Waals surface area contributed by atoms with Gasteiger partial charge in [0.05, 0.1) is 0 Å². The van der Waals surface area contributed by atoms with E-state index >= 15 is 0 Å². The summed E-state index contributed by atoms with van der Waals surface area (Å²) in [5, 5.41) is 2.98. The Morgan fingerprint density at radius 2 is 1.69 bits per heavy atom. The molecule has 0 aliphatic rings. The number of nitrogens with zero attached hydrogens (tertiary/aromatic N) is 2. The molecule has 0 atom stereocenters. The fourth-order valence-electron chi connectivity index (χ4n) is 2.61. The van der Waals surface area contributed by atoms with Crippen LogP contribution in [0, 0.1) is 0 Å². The zero-order valence-corrected chi connectivity index (χ0v) is 17.9. The van der Waals surface area contributed by atoms with E-state index in [0.29, 0.717) is 23.9 Å². The standard InChI is InChI=1S/C23H31N3O3/c1-17(2)26(5)15-20-10-7-6-9-19(20)14-24-23(28)18-11-8-12-21(13-18)29-16-22(27)25(3)4/h6-13,17H,14-16H2,1-5H3,(H,24,28). The Hall–Kier alpha value is -2.86. The van der Waals surface area contributed by atoms with E-state index in [0.717, 1.165) is 12.1 Å². The van der Waals surface area contributed by atoms with E-state index in [4.69, 9.17) is 4.74 Å². The molecule has 0 heterocycles. The van der Waals surface area contributed by atoms with Crippen LogP contribution >= 0.6 is 0 Å². The van der Waals surface area contributed by atoms with E-state index in [-0.39, 0.29) is 18.4 Å². The average Bonchev–Trinajstić information content (AvgIpc) is 2.71. The molecular formula is C23H31N3O3. The van der Waals surface area contributed by atoms with Crippen LogP contribution in [-0.4, -0.2) is 55.4 Å². The summed E-state index contributed by atoms with van der Waals surface area (Å²) in [4.78, 5) is 28.0. The molecule has 0 radical (unpaired) electrons. The maximum atomic E-state index is 12.6. The summed E-state index contributed by atoms with van der Waals surface area (Å²) in [5.41, 5.74) is 2.79. The van der Waals surface area contributed by atoms with Crippen molar-refractivity contribution in [3.8, 4) is 5.75 Å². The van der Waals surface area contributed by atoms with Crippen molar-refractivity contribution in [2.24, 2.45) is 0 Å². The van der Waals surface area contributed by atoms with Crippen LogP contribution in [0.1, 0.15) is 35.3 Å². The van der Waals surface area contributed by atoms with Gasteiger partial charge in [-0.05, 0) is 50.2 Å². The van der Waals surface area contributed by atoms with E-state index in [9.17, 15) is 9.59 Å². The van der Waals surface area contributed by atoms with Crippen molar-refractivity contribution in [1.82, 2.24) is 15.1 Å². The molecule has 0 unspecified atom stereocenters. The fraction of sp³-hybridized carbons (Fsp3) is 0.391. The molecule has 0 saturated heterocycles. The quantitative estimate of drug-likeness (QED) is 0.707. The van der Waals surface area contributed by atoms with Gasteiger partial charge in [0.15, 0.2) is 6.61 Å². The number of benzene rings is 2. The highest BCUT2D eigenvalue weighted by atomic mass is 16.5. The molecule has 29 heavy (non-hydrogen) atoms. The van der Waals surface area contributed by atoms with E-state index in [1.807, 2.05) is 18.2 Å². The third-order valence-electron chi connectivity index (χ3n) is 4.82. The summed E-state index contributed by atoms with van der Waals surface area (Å²) in [5.74, 6) is 0.177. The molecule has 0 spiro atoms. The van der Waals surface area contributed by atoms with E-state index < -0.39 is 0 Å². The Labute approximate surface area is 173 Å². The summed E-state index contributed by atoms with van der Waals surface area (Å²) in [6.07, 6.45) is 0. The molecule has 6 heteroatoms. The normalized spacial score (nSPS) is 10.9. The first-order chi connectivity index (χ1) is 13.8. The van der Waals surface area contributed by atoms with Gasteiger partial charge < -0.3 is 15.0 Å². The lowest BCUT2D eigenvalue weighted by atomic mass is 10.1. The van der Waals surface area contributed by atoms with Crippen molar-refractivity contribution in [3.05, 3.63) is 65.2 Å². The molecule has 2 aromatic rings. The SMILES string of the molecule is CC(C)N(C)Cc1ccccc1CNC(=O)c1cccc(OCC(=O)N(C)C)c1. The van der Waals surface area contributed by atoms with Crippen LogP contribution in [0.3, 0.4) is 0 Å². The molecule has 2 rings (SSSR count).